The molecule has 8 nitrogen and oxygen atoms in total. The summed E-state index contributed by atoms with van der Waals surface area (Å²) in [6, 6.07) is 8.54. The van der Waals surface area contributed by atoms with Crippen molar-refractivity contribution in [3.8, 4) is 22.6 Å². The van der Waals surface area contributed by atoms with Gasteiger partial charge in [0, 0.05) is 36.9 Å². The van der Waals surface area contributed by atoms with Crippen LogP contribution in [0.25, 0.3) is 33.5 Å². The molecule has 0 saturated carbocycles. The van der Waals surface area contributed by atoms with Gasteiger partial charge in [0.2, 0.25) is 0 Å². The zero-order chi connectivity index (χ0) is 19.1. The zero-order valence-electron chi connectivity index (χ0n) is 15.8. The van der Waals surface area contributed by atoms with Crippen molar-refractivity contribution < 1.29 is 4.74 Å². The van der Waals surface area contributed by atoms with E-state index in [9.17, 15) is 0 Å². The fourth-order valence-corrected chi connectivity index (χ4v) is 3.69. The number of nitrogens with zero attached hydrogens (tertiary/aromatic N) is 6. The fraction of sp³-hybridized carbons (Fsp3) is 0.300. The molecule has 4 heterocycles. The van der Waals surface area contributed by atoms with Crippen molar-refractivity contribution in [3.05, 3.63) is 42.9 Å². The first kappa shape index (κ1) is 16.9. The fourth-order valence-electron chi connectivity index (χ4n) is 3.69. The summed E-state index contributed by atoms with van der Waals surface area (Å²) >= 11 is 0. The molecule has 1 saturated heterocycles. The Hall–Kier alpha value is -3.26. The Labute approximate surface area is 162 Å². The maximum atomic E-state index is 5.63. The molecule has 0 radical (unpaired) electrons. The monoisotopic (exact) mass is 375 g/mol. The summed E-state index contributed by atoms with van der Waals surface area (Å²) in [6.07, 6.45) is 5.37. The van der Waals surface area contributed by atoms with Gasteiger partial charge in [-0.2, -0.15) is 10.2 Å². The summed E-state index contributed by atoms with van der Waals surface area (Å²) < 4.78 is 7.51. The summed E-state index contributed by atoms with van der Waals surface area (Å²) in [4.78, 5) is 12.0. The maximum absolute atomic E-state index is 5.63. The molecule has 1 aliphatic rings. The smallest absolute Gasteiger partial charge is 0.165 e. The molecular weight excluding hydrogens is 354 g/mol. The minimum absolute atomic E-state index is 0.240. The van der Waals surface area contributed by atoms with Crippen LogP contribution in [0.3, 0.4) is 0 Å². The number of H-pyrrole nitrogens is 1. The van der Waals surface area contributed by atoms with Gasteiger partial charge in [-0.3, -0.25) is 9.78 Å². The van der Waals surface area contributed by atoms with E-state index < -0.39 is 0 Å². The van der Waals surface area contributed by atoms with E-state index in [1.807, 2.05) is 30.2 Å². The molecule has 5 rings (SSSR count). The van der Waals surface area contributed by atoms with Gasteiger partial charge >= 0.3 is 0 Å². The Morgan fingerprint density at radius 2 is 2.11 bits per heavy atom. The minimum atomic E-state index is 0.240. The third kappa shape index (κ3) is 2.82. The number of aryl methyl sites for hydroxylation is 1. The van der Waals surface area contributed by atoms with Crippen molar-refractivity contribution >= 4 is 16.7 Å². The molecule has 0 aliphatic carbocycles. The first-order valence-electron chi connectivity index (χ1n) is 9.34. The van der Waals surface area contributed by atoms with Crippen molar-refractivity contribution in [2.24, 2.45) is 7.05 Å². The second kappa shape index (κ2) is 6.72. The molecule has 0 spiro atoms. The molecule has 8 heteroatoms. The number of aromatic amines is 1. The summed E-state index contributed by atoms with van der Waals surface area (Å²) in [5.74, 6) is 1.60. The van der Waals surface area contributed by atoms with Gasteiger partial charge in [-0.05, 0) is 25.1 Å². The number of fused-ring (bicyclic) bond motifs is 1. The van der Waals surface area contributed by atoms with Crippen LogP contribution in [0, 0.1) is 0 Å². The van der Waals surface area contributed by atoms with E-state index in [1.54, 1.807) is 6.20 Å². The number of nitrogens with one attached hydrogen (secondary N) is 1. The second-order valence-electron chi connectivity index (χ2n) is 7.05. The van der Waals surface area contributed by atoms with Crippen LogP contribution in [0.4, 0.5) is 5.82 Å². The quantitative estimate of drug-likeness (QED) is 0.593. The highest BCUT2D eigenvalue weighted by Crippen LogP contribution is 2.32. The molecule has 1 N–H and O–H groups in total. The summed E-state index contributed by atoms with van der Waals surface area (Å²) in [6.45, 7) is 4.34. The Kier molecular flexibility index (Phi) is 4.05. The summed E-state index contributed by atoms with van der Waals surface area (Å²) in [5, 5.41) is 12.2. The molecular formula is C20H21N7O. The summed E-state index contributed by atoms with van der Waals surface area (Å²) in [7, 11) is 1.95. The normalized spacial score (nSPS) is 17.4. The van der Waals surface area contributed by atoms with Gasteiger partial charge in [0.25, 0.3) is 0 Å². The van der Waals surface area contributed by atoms with E-state index in [0.29, 0.717) is 19.0 Å². The van der Waals surface area contributed by atoms with Gasteiger partial charge in [0.05, 0.1) is 42.2 Å². The second-order valence-corrected chi connectivity index (χ2v) is 7.05. The van der Waals surface area contributed by atoms with Crippen molar-refractivity contribution in [3.63, 3.8) is 0 Å². The van der Waals surface area contributed by atoms with Crippen LogP contribution in [-0.4, -0.2) is 55.7 Å². The van der Waals surface area contributed by atoms with E-state index in [0.717, 1.165) is 40.1 Å². The predicted octanol–water partition coefficient (Wildman–Crippen LogP) is 2.65. The molecule has 28 heavy (non-hydrogen) atoms. The van der Waals surface area contributed by atoms with E-state index in [-0.39, 0.29) is 6.04 Å². The van der Waals surface area contributed by atoms with Crippen LogP contribution in [0.15, 0.2) is 42.9 Å². The first-order valence-corrected chi connectivity index (χ1v) is 9.34. The molecule has 0 unspecified atom stereocenters. The number of benzene rings is 1. The van der Waals surface area contributed by atoms with Gasteiger partial charge in [-0.25, -0.2) is 9.97 Å². The molecule has 0 amide bonds. The lowest BCUT2D eigenvalue weighted by Crippen LogP contribution is -2.44. The average Bonchev–Trinajstić information content (AvgIpc) is 3.39. The van der Waals surface area contributed by atoms with Gasteiger partial charge < -0.3 is 9.64 Å². The third-order valence-corrected chi connectivity index (χ3v) is 5.19. The molecule has 0 bridgehead atoms. The lowest BCUT2D eigenvalue weighted by molar-refractivity contribution is 0.0987. The largest absolute Gasteiger partial charge is 0.377 e. The van der Waals surface area contributed by atoms with Crippen molar-refractivity contribution in [1.29, 1.82) is 0 Å². The van der Waals surface area contributed by atoms with Crippen molar-refractivity contribution in [2.45, 2.75) is 13.0 Å². The number of hydrogen-bond donors (Lipinski definition) is 1. The number of rotatable bonds is 3. The van der Waals surface area contributed by atoms with Gasteiger partial charge in [0.1, 0.15) is 5.82 Å². The van der Waals surface area contributed by atoms with E-state index >= 15 is 0 Å². The maximum Gasteiger partial charge on any atom is 0.165 e. The highest BCUT2D eigenvalue weighted by atomic mass is 16.5. The number of ether oxygens (including phenoxy) is 1. The molecule has 1 atom stereocenters. The minimum Gasteiger partial charge on any atom is -0.377 e. The highest BCUT2D eigenvalue weighted by molar-refractivity contribution is 5.94. The van der Waals surface area contributed by atoms with Gasteiger partial charge in [-0.15, -0.1) is 0 Å². The van der Waals surface area contributed by atoms with Gasteiger partial charge in [-0.1, -0.05) is 6.07 Å². The summed E-state index contributed by atoms with van der Waals surface area (Å²) in [5.41, 5.74) is 3.93. The van der Waals surface area contributed by atoms with E-state index in [2.05, 4.69) is 45.3 Å². The van der Waals surface area contributed by atoms with Crippen molar-refractivity contribution in [1.82, 2.24) is 29.9 Å². The molecule has 1 fully saturated rings. The number of morpholine rings is 1. The first-order chi connectivity index (χ1) is 13.7. The van der Waals surface area contributed by atoms with Crippen LogP contribution < -0.4 is 4.90 Å². The topological polar surface area (TPSA) is 84.8 Å². The lowest BCUT2D eigenvalue weighted by atomic mass is 10.1. The Morgan fingerprint density at radius 1 is 1.18 bits per heavy atom. The highest BCUT2D eigenvalue weighted by Gasteiger charge is 2.24. The van der Waals surface area contributed by atoms with E-state index in [1.165, 1.54) is 0 Å². The number of anilines is 1. The molecule has 142 valence electrons. The third-order valence-electron chi connectivity index (χ3n) is 5.19. The molecule has 4 aromatic rings. The molecule has 1 aromatic carbocycles. The average molecular weight is 375 g/mol. The Balaban J connectivity index is 1.73. The zero-order valence-corrected chi connectivity index (χ0v) is 15.8. The SMILES string of the molecule is C[C@@H]1COCCN1c1nc(-c2cn[nH]c2)nc2ccc(-c3ccnn3C)cc12. The Bertz CT molecular complexity index is 1120. The van der Waals surface area contributed by atoms with Gasteiger partial charge in [0.15, 0.2) is 5.82 Å². The number of hydrogen-bond acceptors (Lipinski definition) is 6. The molecule has 1 aliphatic heterocycles. The van der Waals surface area contributed by atoms with Crippen molar-refractivity contribution in [2.75, 3.05) is 24.7 Å². The standard InChI is InChI=1S/C20H21N7O/c1-13-12-28-8-7-27(13)20-16-9-14(18-5-6-23-26(18)2)3-4-17(16)24-19(25-20)15-10-21-22-11-15/h3-6,9-11,13H,7-8,12H2,1-2H3,(H,21,22)/t13-/m1/s1. The Morgan fingerprint density at radius 3 is 2.86 bits per heavy atom. The molecule has 3 aromatic heterocycles. The van der Waals surface area contributed by atoms with E-state index in [4.69, 9.17) is 14.7 Å². The van der Waals surface area contributed by atoms with Crippen LogP contribution in [0.1, 0.15) is 6.92 Å². The van der Waals surface area contributed by atoms with Crippen LogP contribution >= 0.6 is 0 Å². The lowest BCUT2D eigenvalue weighted by Gasteiger charge is -2.35. The van der Waals surface area contributed by atoms with Crippen LogP contribution in [0.2, 0.25) is 0 Å². The number of aromatic nitrogens is 6. The van der Waals surface area contributed by atoms with Crippen LogP contribution in [-0.2, 0) is 11.8 Å². The van der Waals surface area contributed by atoms with Crippen LogP contribution in [0.5, 0.6) is 0 Å². The predicted molar refractivity (Wildman–Crippen MR) is 107 cm³/mol.